The molecule has 0 radical (unpaired) electrons. The molecule has 2 aromatic rings. The zero-order chi connectivity index (χ0) is 22.3. The van der Waals surface area contributed by atoms with Gasteiger partial charge in [0.25, 0.3) is 0 Å². The second-order valence-corrected chi connectivity index (χ2v) is 9.55. The van der Waals surface area contributed by atoms with Crippen molar-refractivity contribution >= 4 is 5.91 Å². The largest absolute Gasteiger partial charge is 0.394 e. The summed E-state index contributed by atoms with van der Waals surface area (Å²) in [5.41, 5.74) is 2.26. The lowest BCUT2D eigenvalue weighted by molar-refractivity contribution is -0.200. The van der Waals surface area contributed by atoms with Gasteiger partial charge in [0, 0.05) is 51.3 Å². The molecule has 1 N–H and O–H groups in total. The first kappa shape index (κ1) is 21.6. The number of carbonyl (C=O) groups excluding carboxylic acids is 1. The zero-order valence-electron chi connectivity index (χ0n) is 18.5. The highest BCUT2D eigenvalue weighted by Crippen LogP contribution is 2.54. The Kier molecular flexibility index (Phi) is 5.78. The van der Waals surface area contributed by atoms with E-state index in [1.54, 1.807) is 19.1 Å². The first-order valence-corrected chi connectivity index (χ1v) is 11.6. The van der Waals surface area contributed by atoms with Crippen molar-refractivity contribution in [2.45, 2.75) is 37.3 Å². The summed E-state index contributed by atoms with van der Waals surface area (Å²) in [5.74, 6) is 0.518. The molecule has 32 heavy (non-hydrogen) atoms. The summed E-state index contributed by atoms with van der Waals surface area (Å²) in [5, 5.41) is 10.1. The summed E-state index contributed by atoms with van der Waals surface area (Å²) in [6.07, 6.45) is 2.19. The van der Waals surface area contributed by atoms with E-state index in [9.17, 15) is 14.3 Å². The lowest BCUT2D eigenvalue weighted by atomic mass is 9.60. The standard InChI is InChI=1S/C26H31FN2O3/c1-18(31)29-24(15-30)25(26(29)16-28(17-26)14-19-10-12-32-13-11-19)21-8-6-20(7-9-21)22-4-2-3-5-23(22)27/h2-9,19,24-25,30H,10-17H2,1H3/t24-,25-/m1/s1. The van der Waals surface area contributed by atoms with E-state index in [4.69, 9.17) is 4.74 Å². The van der Waals surface area contributed by atoms with Crippen LogP contribution in [0.1, 0.15) is 31.2 Å². The first-order chi connectivity index (χ1) is 15.5. The highest BCUT2D eigenvalue weighted by Gasteiger charge is 2.66. The van der Waals surface area contributed by atoms with Gasteiger partial charge in [-0.3, -0.25) is 9.69 Å². The van der Waals surface area contributed by atoms with Gasteiger partial charge >= 0.3 is 0 Å². The van der Waals surface area contributed by atoms with Crippen molar-refractivity contribution in [3.05, 3.63) is 59.9 Å². The third kappa shape index (κ3) is 3.54. The average molecular weight is 439 g/mol. The minimum atomic E-state index is -0.260. The van der Waals surface area contributed by atoms with Crippen molar-refractivity contribution in [2.24, 2.45) is 5.92 Å². The summed E-state index contributed by atoms with van der Waals surface area (Å²) in [6, 6.07) is 14.5. The predicted molar refractivity (Wildman–Crippen MR) is 121 cm³/mol. The molecule has 3 aliphatic heterocycles. The number of ether oxygens (including phenoxy) is 1. The molecule has 1 spiro atoms. The van der Waals surface area contributed by atoms with Crippen molar-refractivity contribution in [3.8, 4) is 11.1 Å². The molecular formula is C26H31FN2O3. The maximum absolute atomic E-state index is 14.2. The van der Waals surface area contributed by atoms with Gasteiger partial charge in [0.05, 0.1) is 18.2 Å². The van der Waals surface area contributed by atoms with Crippen LogP contribution in [0.5, 0.6) is 0 Å². The molecule has 0 aliphatic carbocycles. The van der Waals surface area contributed by atoms with Crippen molar-refractivity contribution in [3.63, 3.8) is 0 Å². The number of hydrogen-bond acceptors (Lipinski definition) is 4. The van der Waals surface area contributed by atoms with E-state index >= 15 is 0 Å². The Bertz CT molecular complexity index is 967. The minimum absolute atomic E-state index is 0.0222. The number of likely N-dealkylation sites (tertiary alicyclic amines) is 2. The minimum Gasteiger partial charge on any atom is -0.394 e. The Balaban J connectivity index is 1.37. The van der Waals surface area contributed by atoms with Crippen LogP contribution in [0.15, 0.2) is 48.5 Å². The van der Waals surface area contributed by atoms with Crippen LogP contribution in [-0.4, -0.2) is 71.8 Å². The third-order valence-corrected chi connectivity index (χ3v) is 7.61. The van der Waals surface area contributed by atoms with Crippen LogP contribution in [0.3, 0.4) is 0 Å². The molecule has 170 valence electrons. The Hall–Kier alpha value is -2.28. The Morgan fingerprint density at radius 2 is 1.81 bits per heavy atom. The van der Waals surface area contributed by atoms with Gasteiger partial charge in [-0.05, 0) is 36.0 Å². The fourth-order valence-electron chi connectivity index (χ4n) is 6.24. The maximum Gasteiger partial charge on any atom is 0.220 e. The average Bonchev–Trinajstić information content (AvgIpc) is 2.76. The van der Waals surface area contributed by atoms with Crippen molar-refractivity contribution < 1.29 is 19.0 Å². The molecule has 2 atom stereocenters. The molecule has 6 heteroatoms. The number of aliphatic hydroxyl groups is 1. The molecule has 0 saturated carbocycles. The molecule has 0 bridgehead atoms. The summed E-state index contributed by atoms with van der Waals surface area (Å²) >= 11 is 0. The maximum atomic E-state index is 14.2. The molecule has 3 heterocycles. The SMILES string of the molecule is CC(=O)N1[C@H](CO)[C@@H](c2ccc(-c3ccccc3F)cc2)C12CN(CC1CCOCC1)C2. The van der Waals surface area contributed by atoms with E-state index in [0.29, 0.717) is 11.5 Å². The van der Waals surface area contributed by atoms with Gasteiger partial charge in [-0.15, -0.1) is 0 Å². The van der Waals surface area contributed by atoms with Crippen LogP contribution in [-0.2, 0) is 9.53 Å². The summed E-state index contributed by atoms with van der Waals surface area (Å²) < 4.78 is 19.7. The Morgan fingerprint density at radius 3 is 2.44 bits per heavy atom. The number of amides is 1. The second kappa shape index (κ2) is 8.58. The van der Waals surface area contributed by atoms with Gasteiger partial charge in [-0.2, -0.15) is 0 Å². The zero-order valence-corrected chi connectivity index (χ0v) is 18.5. The van der Waals surface area contributed by atoms with Crippen LogP contribution in [0.4, 0.5) is 4.39 Å². The molecule has 3 saturated heterocycles. The molecular weight excluding hydrogens is 407 g/mol. The van der Waals surface area contributed by atoms with Crippen LogP contribution < -0.4 is 0 Å². The van der Waals surface area contributed by atoms with E-state index in [2.05, 4.69) is 4.90 Å². The number of carbonyl (C=O) groups is 1. The smallest absolute Gasteiger partial charge is 0.220 e. The van der Waals surface area contributed by atoms with E-state index in [1.807, 2.05) is 35.2 Å². The number of benzene rings is 2. The van der Waals surface area contributed by atoms with Gasteiger partial charge in [-0.1, -0.05) is 42.5 Å². The molecule has 0 aromatic heterocycles. The molecule has 5 nitrogen and oxygen atoms in total. The Morgan fingerprint density at radius 1 is 1.12 bits per heavy atom. The summed E-state index contributed by atoms with van der Waals surface area (Å²) in [7, 11) is 0. The lowest BCUT2D eigenvalue weighted by Crippen LogP contribution is -2.85. The van der Waals surface area contributed by atoms with Crippen LogP contribution in [0.25, 0.3) is 11.1 Å². The van der Waals surface area contributed by atoms with Gasteiger partial charge in [0.2, 0.25) is 5.91 Å². The molecule has 1 amide bonds. The van der Waals surface area contributed by atoms with Gasteiger partial charge in [-0.25, -0.2) is 4.39 Å². The fraction of sp³-hybridized carbons (Fsp3) is 0.500. The van der Waals surface area contributed by atoms with Crippen molar-refractivity contribution in [1.29, 1.82) is 0 Å². The van der Waals surface area contributed by atoms with E-state index in [-0.39, 0.29) is 35.8 Å². The summed E-state index contributed by atoms with van der Waals surface area (Å²) in [4.78, 5) is 16.8. The molecule has 3 fully saturated rings. The van der Waals surface area contributed by atoms with Gasteiger partial charge in [0.15, 0.2) is 0 Å². The predicted octanol–water partition coefficient (Wildman–Crippen LogP) is 3.28. The lowest BCUT2D eigenvalue weighted by Gasteiger charge is -2.71. The fourth-order valence-corrected chi connectivity index (χ4v) is 6.24. The highest BCUT2D eigenvalue weighted by atomic mass is 19.1. The first-order valence-electron chi connectivity index (χ1n) is 11.6. The highest BCUT2D eigenvalue weighted by molar-refractivity contribution is 5.77. The van der Waals surface area contributed by atoms with E-state index < -0.39 is 0 Å². The normalized spacial score (nSPS) is 25.4. The quantitative estimate of drug-likeness (QED) is 0.779. The van der Waals surface area contributed by atoms with Crippen molar-refractivity contribution in [1.82, 2.24) is 9.80 Å². The number of nitrogens with zero attached hydrogens (tertiary/aromatic N) is 2. The van der Waals surface area contributed by atoms with Crippen molar-refractivity contribution in [2.75, 3.05) is 39.5 Å². The van der Waals surface area contributed by atoms with Crippen LogP contribution in [0, 0.1) is 11.7 Å². The van der Waals surface area contributed by atoms with E-state index in [0.717, 1.165) is 56.8 Å². The van der Waals surface area contributed by atoms with Crippen LogP contribution >= 0.6 is 0 Å². The number of aliphatic hydroxyl groups excluding tert-OH is 1. The number of halogens is 1. The van der Waals surface area contributed by atoms with E-state index in [1.165, 1.54) is 6.07 Å². The molecule has 2 aromatic carbocycles. The summed E-state index contributed by atoms with van der Waals surface area (Å²) in [6.45, 7) is 5.93. The molecule has 3 aliphatic rings. The Labute approximate surface area is 188 Å². The third-order valence-electron chi connectivity index (χ3n) is 7.61. The molecule has 0 unspecified atom stereocenters. The topological polar surface area (TPSA) is 53.0 Å². The number of rotatable bonds is 5. The van der Waals surface area contributed by atoms with Crippen LogP contribution in [0.2, 0.25) is 0 Å². The van der Waals surface area contributed by atoms with Gasteiger partial charge < -0.3 is 14.7 Å². The number of hydrogen-bond donors (Lipinski definition) is 1. The molecule has 5 rings (SSSR count). The second-order valence-electron chi connectivity index (χ2n) is 9.55. The van der Waals surface area contributed by atoms with Gasteiger partial charge in [0.1, 0.15) is 5.82 Å². The monoisotopic (exact) mass is 438 g/mol.